The van der Waals surface area contributed by atoms with Crippen LogP contribution in [0.1, 0.15) is 21.1 Å². The number of benzene rings is 1. The molecule has 1 aromatic carbocycles. The summed E-state index contributed by atoms with van der Waals surface area (Å²) in [5.41, 5.74) is 1.38. The summed E-state index contributed by atoms with van der Waals surface area (Å²) in [5, 5.41) is 11.6. The van der Waals surface area contributed by atoms with Crippen LogP contribution in [0.3, 0.4) is 0 Å². The number of carbonyl (C=O) groups excluding carboxylic acids is 2. The molecule has 118 valence electrons. The van der Waals surface area contributed by atoms with Gasteiger partial charge >= 0.3 is 5.97 Å². The van der Waals surface area contributed by atoms with Crippen LogP contribution in [0.15, 0.2) is 30.3 Å². The molecule has 6 nitrogen and oxygen atoms in total. The molecule has 0 aliphatic rings. The molecule has 0 spiro atoms. The quantitative estimate of drug-likeness (QED) is 0.648. The van der Waals surface area contributed by atoms with Crippen LogP contribution in [0.5, 0.6) is 0 Å². The fourth-order valence-electron chi connectivity index (χ4n) is 1.86. The minimum Gasteiger partial charge on any atom is -0.451 e. The van der Waals surface area contributed by atoms with Crippen LogP contribution < -0.4 is 5.32 Å². The molecule has 0 saturated heterocycles. The second kappa shape index (κ2) is 8.06. The van der Waals surface area contributed by atoms with E-state index in [0.717, 1.165) is 10.6 Å². The number of hydrogen-bond acceptors (Lipinski definition) is 6. The van der Waals surface area contributed by atoms with Crippen molar-refractivity contribution in [1.29, 1.82) is 5.26 Å². The Balaban J connectivity index is 2.03. The molecule has 0 atom stereocenters. The number of ether oxygens (including phenoxy) is 1. The van der Waals surface area contributed by atoms with Gasteiger partial charge in [0.1, 0.15) is 4.88 Å². The molecule has 2 rings (SSSR count). The number of rotatable bonds is 6. The second-order valence-corrected chi connectivity index (χ2v) is 5.81. The van der Waals surface area contributed by atoms with Crippen molar-refractivity contribution in [2.24, 2.45) is 0 Å². The molecular formula is C16H15N3O3S. The Bertz CT molecular complexity index is 735. The maximum Gasteiger partial charge on any atom is 0.351 e. The van der Waals surface area contributed by atoms with Crippen molar-refractivity contribution < 1.29 is 14.3 Å². The lowest BCUT2D eigenvalue weighted by Gasteiger charge is -2.05. The molecule has 1 N–H and O–H groups in total. The first-order chi connectivity index (χ1) is 11.1. The molecule has 1 amide bonds. The van der Waals surface area contributed by atoms with E-state index in [1.807, 2.05) is 43.3 Å². The number of nitrogens with one attached hydrogen (secondary N) is 1. The van der Waals surface area contributed by atoms with Gasteiger partial charge in [-0.1, -0.05) is 30.3 Å². The van der Waals surface area contributed by atoms with Crippen LogP contribution in [0.2, 0.25) is 0 Å². The molecule has 7 heteroatoms. The third-order valence-electron chi connectivity index (χ3n) is 2.86. The van der Waals surface area contributed by atoms with Crippen LogP contribution in [-0.4, -0.2) is 30.0 Å². The zero-order valence-electron chi connectivity index (χ0n) is 12.5. The predicted octanol–water partition coefficient (Wildman–Crippen LogP) is 2.31. The molecule has 0 unspecified atom stereocenters. The highest BCUT2D eigenvalue weighted by atomic mass is 32.1. The van der Waals surface area contributed by atoms with E-state index < -0.39 is 11.9 Å². The molecule has 0 bridgehead atoms. The molecule has 1 heterocycles. The lowest BCUT2D eigenvalue weighted by atomic mass is 10.1. The summed E-state index contributed by atoms with van der Waals surface area (Å²) in [6.45, 7) is 1.67. The van der Waals surface area contributed by atoms with Gasteiger partial charge in [0.15, 0.2) is 6.61 Å². The summed E-state index contributed by atoms with van der Waals surface area (Å²) in [4.78, 5) is 28.5. The first-order valence-corrected chi connectivity index (χ1v) is 7.77. The van der Waals surface area contributed by atoms with Crippen molar-refractivity contribution in [2.75, 3.05) is 13.2 Å². The van der Waals surface area contributed by atoms with Gasteiger partial charge in [0.05, 0.1) is 23.2 Å². The topological polar surface area (TPSA) is 92.1 Å². The van der Waals surface area contributed by atoms with Crippen molar-refractivity contribution in [3.63, 3.8) is 0 Å². The Morgan fingerprint density at radius 1 is 1.35 bits per heavy atom. The van der Waals surface area contributed by atoms with Gasteiger partial charge in [-0.05, 0) is 6.92 Å². The highest BCUT2D eigenvalue weighted by molar-refractivity contribution is 7.14. The fourth-order valence-corrected chi connectivity index (χ4v) is 2.70. The minimum absolute atomic E-state index is 0.214. The van der Waals surface area contributed by atoms with Crippen LogP contribution >= 0.6 is 11.3 Å². The Morgan fingerprint density at radius 2 is 2.09 bits per heavy atom. The van der Waals surface area contributed by atoms with Crippen molar-refractivity contribution in [1.82, 2.24) is 10.3 Å². The van der Waals surface area contributed by atoms with E-state index in [1.54, 1.807) is 0 Å². The summed E-state index contributed by atoms with van der Waals surface area (Å²) in [5.74, 6) is -1.01. The van der Waals surface area contributed by atoms with Gasteiger partial charge in [-0.15, -0.1) is 11.3 Å². The van der Waals surface area contributed by atoms with Gasteiger partial charge < -0.3 is 10.1 Å². The number of aryl methyl sites for hydroxylation is 1. The molecule has 1 aromatic heterocycles. The smallest absolute Gasteiger partial charge is 0.351 e. The van der Waals surface area contributed by atoms with E-state index in [0.29, 0.717) is 10.6 Å². The second-order valence-electron chi connectivity index (χ2n) is 4.61. The van der Waals surface area contributed by atoms with Gasteiger partial charge in [-0.3, -0.25) is 4.79 Å². The first kappa shape index (κ1) is 16.6. The highest BCUT2D eigenvalue weighted by Crippen LogP contribution is 2.28. The minimum atomic E-state index is -0.579. The van der Waals surface area contributed by atoms with Gasteiger partial charge in [-0.25, -0.2) is 9.78 Å². The normalized spacial score (nSPS) is 9.91. The SMILES string of the molecule is Cc1nc(-c2ccccc2)c(C(=O)OCC(=O)NCCC#N)s1. The lowest BCUT2D eigenvalue weighted by Crippen LogP contribution is -2.29. The van der Waals surface area contributed by atoms with E-state index in [4.69, 9.17) is 10.00 Å². The zero-order valence-corrected chi connectivity index (χ0v) is 13.4. The monoisotopic (exact) mass is 329 g/mol. The van der Waals surface area contributed by atoms with Gasteiger partial charge in [0.2, 0.25) is 0 Å². The van der Waals surface area contributed by atoms with Gasteiger partial charge in [0.25, 0.3) is 5.91 Å². The molecule has 23 heavy (non-hydrogen) atoms. The number of aromatic nitrogens is 1. The van der Waals surface area contributed by atoms with E-state index in [9.17, 15) is 9.59 Å². The van der Waals surface area contributed by atoms with Crippen LogP contribution in [0.4, 0.5) is 0 Å². The molecule has 0 aliphatic carbocycles. The average molecular weight is 329 g/mol. The van der Waals surface area contributed by atoms with E-state index in [2.05, 4.69) is 10.3 Å². The number of amides is 1. The predicted molar refractivity (Wildman–Crippen MR) is 85.8 cm³/mol. The van der Waals surface area contributed by atoms with Crippen LogP contribution in [-0.2, 0) is 9.53 Å². The third-order valence-corrected chi connectivity index (χ3v) is 3.81. The van der Waals surface area contributed by atoms with Crippen molar-refractivity contribution in [2.45, 2.75) is 13.3 Å². The Labute approximate surface area is 137 Å². The van der Waals surface area contributed by atoms with Crippen molar-refractivity contribution in [3.8, 4) is 17.3 Å². The van der Waals surface area contributed by atoms with E-state index >= 15 is 0 Å². The van der Waals surface area contributed by atoms with E-state index in [-0.39, 0.29) is 19.6 Å². The first-order valence-electron chi connectivity index (χ1n) is 6.95. The zero-order chi connectivity index (χ0) is 16.7. The Morgan fingerprint density at radius 3 is 2.78 bits per heavy atom. The Hall–Kier alpha value is -2.72. The molecule has 0 saturated carbocycles. The van der Waals surface area contributed by atoms with Crippen LogP contribution in [0.25, 0.3) is 11.3 Å². The largest absolute Gasteiger partial charge is 0.451 e. The average Bonchev–Trinajstić information content (AvgIpc) is 2.96. The lowest BCUT2D eigenvalue weighted by molar-refractivity contribution is -0.124. The number of hydrogen-bond donors (Lipinski definition) is 1. The number of nitriles is 1. The molecule has 2 aromatic rings. The standard InChI is InChI=1S/C16H15N3O3S/c1-11-19-14(12-6-3-2-4-7-12)15(23-11)16(21)22-10-13(20)18-9-5-8-17/h2-4,6-7H,5,9-10H2,1H3,(H,18,20). The van der Waals surface area contributed by atoms with Crippen LogP contribution in [0, 0.1) is 18.3 Å². The number of nitrogens with zero attached hydrogens (tertiary/aromatic N) is 2. The highest BCUT2D eigenvalue weighted by Gasteiger charge is 2.20. The molecule has 0 radical (unpaired) electrons. The summed E-state index contributed by atoms with van der Waals surface area (Å²) < 4.78 is 5.03. The summed E-state index contributed by atoms with van der Waals surface area (Å²) in [7, 11) is 0. The van der Waals surface area contributed by atoms with E-state index in [1.165, 1.54) is 11.3 Å². The number of carbonyl (C=O) groups is 2. The summed E-state index contributed by atoms with van der Waals surface area (Å²) in [6, 6.07) is 11.2. The molecular weight excluding hydrogens is 314 g/mol. The number of esters is 1. The molecule has 0 aliphatic heterocycles. The van der Waals surface area contributed by atoms with Crippen molar-refractivity contribution >= 4 is 23.2 Å². The van der Waals surface area contributed by atoms with Gasteiger partial charge in [0, 0.05) is 12.1 Å². The number of thiazole rings is 1. The Kier molecular flexibility index (Phi) is 5.83. The maximum absolute atomic E-state index is 12.2. The molecule has 0 fully saturated rings. The third kappa shape index (κ3) is 4.63. The van der Waals surface area contributed by atoms with Gasteiger partial charge in [-0.2, -0.15) is 5.26 Å². The van der Waals surface area contributed by atoms with Crippen molar-refractivity contribution in [3.05, 3.63) is 40.2 Å². The maximum atomic E-state index is 12.2. The summed E-state index contributed by atoms with van der Waals surface area (Å²) >= 11 is 1.23. The fraction of sp³-hybridized carbons (Fsp3) is 0.250. The summed E-state index contributed by atoms with van der Waals surface area (Å²) in [6.07, 6.45) is 0.214.